The first kappa shape index (κ1) is 116. The molecule has 19 nitrogen and oxygen atoms in total. The largest absolute Gasteiger partial charge is 0.395 e. The third kappa shape index (κ3) is 42.9. The van der Waals surface area contributed by atoms with Crippen LogP contribution < -0.4 is 5.32 Å². The minimum atomic E-state index is 0.287. The van der Waals surface area contributed by atoms with Crippen molar-refractivity contribution in [3.8, 4) is 0 Å². The number of piperazine rings is 7. The lowest BCUT2D eigenvalue weighted by Crippen LogP contribution is -2.65. The smallest absolute Gasteiger partial charge is 0.0594 e. The number of hydrogen-bond acceptors (Lipinski definition) is 19. The van der Waals surface area contributed by atoms with E-state index in [1.54, 1.807) is 0 Å². The number of ether oxygens (including phenoxy) is 2. The van der Waals surface area contributed by atoms with E-state index in [-0.39, 0.29) is 6.61 Å². The van der Waals surface area contributed by atoms with Gasteiger partial charge in [0.15, 0.2) is 0 Å². The van der Waals surface area contributed by atoms with Gasteiger partial charge in [-0.2, -0.15) is 0 Å². The zero-order valence-corrected chi connectivity index (χ0v) is 90.5. The van der Waals surface area contributed by atoms with E-state index in [0.29, 0.717) is 60.7 Å². The van der Waals surface area contributed by atoms with E-state index in [1.807, 2.05) is 0 Å². The first-order valence-electron chi connectivity index (χ1n) is 51.6. The Morgan fingerprint density at radius 2 is 0.613 bits per heavy atom. The van der Waals surface area contributed by atoms with Gasteiger partial charge in [-0.1, -0.05) is 74.1 Å². The summed E-state index contributed by atoms with van der Waals surface area (Å²) in [5.41, 5.74) is 4.27. The standard InChI is InChI=1S/2C11H22N2.C10H22N2O.C10H20N2.C10H22N2.C10H20.C9H20N2.C9H19N.C9H18O.C8H18N2.C8H17NO/c1-11(2,3)13-8-9-5-6-10(13)7-12(9)4;1-11(2,3)13-7-9-5-6-10(8-13)12(9)4;1-10(2,3)12-6-4-11(5-7-12)8-9-13;1-10(2,3)12-7-8-5-9(12)6-11(8)4;1-5-11-6-8-12(9-7-11)10(2,3)4;1-10(2,3)9-7-5-4-6-8-9;1-9(2,3)11-7-5-10(4)6-8-11;1-9(2,3)10-7-5-4-6-8-10;1-9(2,3)8-4-6-10-7-5-8;1-8(2,3)10-6-4-9-5-7-10;1-8(2,3)9-4-6-10-7-5-9/h2*9-10H,5-8H2,1-4H3;13H,4-9H2,1-3H3;8-9H,5-7H2,1-4H3;5-9H2,1-4H3;9H,4-8H2,1-3H3;5-8H2,1-4H3;4-8H2,1-3H3;8H,4-7H2,1-3H3;9H,4-7H2,1-3H3;4-7H2,1-3H3. The highest BCUT2D eigenvalue weighted by molar-refractivity contribution is 5.03. The molecule has 0 radical (unpaired) electrons. The van der Waals surface area contributed by atoms with Crippen LogP contribution in [0.25, 0.3) is 0 Å². The summed E-state index contributed by atoms with van der Waals surface area (Å²) >= 11 is 0. The molecule has 6 bridgehead atoms. The maximum absolute atomic E-state index is 8.79. The van der Waals surface area contributed by atoms with E-state index >= 15 is 0 Å². The predicted octanol–water partition coefficient (Wildman–Crippen LogP) is 17.3. The van der Waals surface area contributed by atoms with Gasteiger partial charge in [0, 0.05) is 263 Å². The number of likely N-dealkylation sites (tertiary alicyclic amines) is 4. The number of β-amino-alcohol motifs (C(OH)–C–C–N with tert-alkyl or cyclic N) is 1. The van der Waals surface area contributed by atoms with E-state index in [9.17, 15) is 0 Å². The molecule has 14 aliphatic heterocycles. The number of morpholine rings is 1. The predicted molar refractivity (Wildman–Crippen MR) is 541 cm³/mol. The molecule has 15 rings (SSSR count). The van der Waals surface area contributed by atoms with Crippen LogP contribution in [0.3, 0.4) is 0 Å². The Morgan fingerprint density at radius 1 is 0.282 bits per heavy atom. The number of hydrogen-bond donors (Lipinski definition) is 2. The van der Waals surface area contributed by atoms with Crippen LogP contribution in [0.2, 0.25) is 0 Å². The van der Waals surface area contributed by atoms with Crippen molar-refractivity contribution < 1.29 is 14.6 Å². The fourth-order valence-corrected chi connectivity index (χ4v) is 20.9. The van der Waals surface area contributed by atoms with Crippen LogP contribution in [0.5, 0.6) is 0 Å². The van der Waals surface area contributed by atoms with Gasteiger partial charge in [0.2, 0.25) is 0 Å². The number of nitrogens with one attached hydrogen (secondary N) is 1. The molecule has 14 heterocycles. The van der Waals surface area contributed by atoms with Crippen molar-refractivity contribution in [2.24, 2.45) is 22.7 Å². The number of aliphatic hydroxyl groups is 1. The first-order chi connectivity index (χ1) is 57.0. The van der Waals surface area contributed by atoms with Crippen molar-refractivity contribution >= 4 is 0 Å². The molecular weight excluding hydrogens is 1530 g/mol. The van der Waals surface area contributed by atoms with E-state index < -0.39 is 0 Å². The van der Waals surface area contributed by atoms with E-state index in [4.69, 9.17) is 14.6 Å². The Morgan fingerprint density at radius 3 is 0.927 bits per heavy atom. The van der Waals surface area contributed by atoms with E-state index in [1.165, 1.54) is 221 Å². The van der Waals surface area contributed by atoms with Gasteiger partial charge in [0.05, 0.1) is 19.8 Å². The average Bonchev–Trinajstić information content (AvgIpc) is 1.55. The number of nitrogens with zero attached hydrogens (tertiary/aromatic N) is 15. The molecule has 0 aromatic carbocycles. The molecule has 19 heteroatoms. The van der Waals surface area contributed by atoms with Gasteiger partial charge in [-0.05, 0) is 328 Å². The molecule has 6 atom stereocenters. The van der Waals surface area contributed by atoms with Crippen molar-refractivity contribution in [3.05, 3.63) is 0 Å². The molecule has 6 unspecified atom stereocenters. The van der Waals surface area contributed by atoms with Gasteiger partial charge in [0.25, 0.3) is 0 Å². The lowest BCUT2D eigenvalue weighted by molar-refractivity contribution is -0.0531. The van der Waals surface area contributed by atoms with Crippen molar-refractivity contribution in [1.82, 2.24) is 78.8 Å². The highest BCUT2D eigenvalue weighted by atomic mass is 16.5. The normalized spacial score (nSPS) is 27.4. The topological polar surface area (TPSA) is 99.3 Å². The second-order valence-corrected chi connectivity index (χ2v) is 51.2. The third-order valence-electron chi connectivity index (χ3n) is 30.4. The zero-order valence-electron chi connectivity index (χ0n) is 90.5. The number of piperidine rings is 3. The van der Waals surface area contributed by atoms with Crippen LogP contribution in [0.4, 0.5) is 0 Å². The zero-order chi connectivity index (χ0) is 93.8. The highest BCUT2D eigenvalue weighted by Crippen LogP contribution is 2.39. The highest BCUT2D eigenvalue weighted by Gasteiger charge is 2.46. The minimum Gasteiger partial charge on any atom is -0.395 e. The molecule has 15 aliphatic rings. The second-order valence-electron chi connectivity index (χ2n) is 51.2. The van der Waals surface area contributed by atoms with Crippen LogP contribution in [0.15, 0.2) is 0 Å². The van der Waals surface area contributed by atoms with Gasteiger partial charge >= 0.3 is 0 Å². The van der Waals surface area contributed by atoms with E-state index in [2.05, 4.69) is 342 Å². The number of rotatable bonds is 3. The third-order valence-corrected chi connectivity index (χ3v) is 30.4. The molecule has 1 saturated carbocycles. The Hall–Kier alpha value is -0.760. The molecule has 2 N–H and O–H groups in total. The number of likely N-dealkylation sites (N-methyl/N-ethyl adjacent to an activating group) is 5. The summed E-state index contributed by atoms with van der Waals surface area (Å²) in [6.45, 7) is 116. The first-order valence-corrected chi connectivity index (χ1v) is 51.6. The Labute approximate surface area is 774 Å². The monoisotopic (exact) mass is 1750 g/mol. The van der Waals surface area contributed by atoms with Gasteiger partial charge in [-0.15, -0.1) is 0 Å². The lowest BCUT2D eigenvalue weighted by Gasteiger charge is -2.55. The molecule has 738 valence electrons. The molecule has 0 aromatic heterocycles. The Kier molecular flexibility index (Phi) is 48.8. The Balaban J connectivity index is 0.000000287. The maximum Gasteiger partial charge on any atom is 0.0594 e. The fourth-order valence-electron chi connectivity index (χ4n) is 20.9. The van der Waals surface area contributed by atoms with E-state index in [0.717, 1.165) is 133 Å². The second kappa shape index (κ2) is 52.4. The van der Waals surface area contributed by atoms with Gasteiger partial charge < -0.3 is 39.5 Å². The Bertz CT molecular complexity index is 2550. The molecule has 0 amide bonds. The quantitative estimate of drug-likeness (QED) is 0.280. The van der Waals surface area contributed by atoms with Crippen molar-refractivity contribution in [2.45, 2.75) is 418 Å². The van der Waals surface area contributed by atoms with Crippen molar-refractivity contribution in [3.63, 3.8) is 0 Å². The fraction of sp³-hybridized carbons (Fsp3) is 1.00. The SMILES string of the molecule is CC(C)(C)C1CCCCC1.CC(C)(C)C1CCOCC1.CC(C)(C)N1CCCCC1.CC(C)(C)N1CCN(CCO)CC1.CC(C)(C)N1CCNCC1.CC(C)(C)N1CCOCC1.CCN1CCN(C(C)(C)C)CC1.CN1C2CCC1CN(C(C)(C)C)C2.CN1CC2CC1CN2C(C)(C)C.CN1CC2CCC1CN2C(C)(C)C.CN1CCN(C(C)(C)C)CC1. The summed E-state index contributed by atoms with van der Waals surface area (Å²) in [5, 5.41) is 12.1. The molecule has 0 spiro atoms. The molecule has 0 aromatic rings. The van der Waals surface area contributed by atoms with Crippen molar-refractivity contribution in [2.75, 3.05) is 244 Å². The van der Waals surface area contributed by atoms with Gasteiger partial charge in [-0.25, -0.2) is 0 Å². The van der Waals surface area contributed by atoms with Crippen LogP contribution >= 0.6 is 0 Å². The van der Waals surface area contributed by atoms with Gasteiger partial charge in [-0.3, -0.25) is 53.9 Å². The van der Waals surface area contributed by atoms with Crippen LogP contribution in [0.1, 0.15) is 332 Å². The average molecular weight is 1760 g/mol. The van der Waals surface area contributed by atoms with Gasteiger partial charge in [0.1, 0.15) is 0 Å². The summed E-state index contributed by atoms with van der Waals surface area (Å²) in [4.78, 5) is 38.0. The summed E-state index contributed by atoms with van der Waals surface area (Å²) in [5.74, 6) is 1.88. The summed E-state index contributed by atoms with van der Waals surface area (Å²) < 4.78 is 10.5. The number of fused-ring (bicyclic) bond motifs is 7. The summed E-state index contributed by atoms with van der Waals surface area (Å²) in [6, 6.07) is 4.98. The van der Waals surface area contributed by atoms with Crippen LogP contribution in [-0.2, 0) is 9.47 Å². The molecule has 1 aliphatic carbocycles. The molecule has 15 fully saturated rings. The van der Waals surface area contributed by atoms with Crippen LogP contribution in [0, 0.1) is 22.7 Å². The lowest BCUT2D eigenvalue weighted by atomic mass is 9.72. The molecule has 124 heavy (non-hydrogen) atoms. The maximum atomic E-state index is 8.79. The number of aliphatic hydroxyl groups excluding tert-OH is 1. The minimum absolute atomic E-state index is 0.287. The summed E-state index contributed by atoms with van der Waals surface area (Å²) in [6.07, 6.45) is 21.2. The molecular formula is C105H220N16O3. The molecule has 14 saturated heterocycles. The van der Waals surface area contributed by atoms with Crippen LogP contribution in [-0.4, -0.2) is 409 Å². The van der Waals surface area contributed by atoms with Crippen molar-refractivity contribution in [1.29, 1.82) is 0 Å². The summed E-state index contributed by atoms with van der Waals surface area (Å²) in [7, 11) is 9.02.